The molecule has 0 radical (unpaired) electrons. The van der Waals surface area contributed by atoms with E-state index in [4.69, 9.17) is 18.9 Å². The summed E-state index contributed by atoms with van der Waals surface area (Å²) in [6.45, 7) is 7.11. The van der Waals surface area contributed by atoms with Gasteiger partial charge in [-0.15, -0.1) is 5.10 Å². The molecule has 0 saturated carbocycles. The Labute approximate surface area is 173 Å². The predicted molar refractivity (Wildman–Crippen MR) is 103 cm³/mol. The van der Waals surface area contributed by atoms with Gasteiger partial charge in [-0.25, -0.2) is 19.5 Å². The van der Waals surface area contributed by atoms with Crippen LogP contribution in [0.25, 0.3) is 0 Å². The maximum Gasteiger partial charge on any atom is 0.435 e. The van der Waals surface area contributed by atoms with E-state index in [2.05, 4.69) is 20.0 Å². The second-order valence-electron chi connectivity index (χ2n) is 6.51. The van der Waals surface area contributed by atoms with E-state index in [9.17, 15) is 14.4 Å². The van der Waals surface area contributed by atoms with E-state index < -0.39 is 23.6 Å². The number of nitrogens with one attached hydrogen (secondary N) is 1. The summed E-state index contributed by atoms with van der Waals surface area (Å²) < 4.78 is 25.1. The van der Waals surface area contributed by atoms with Crippen LogP contribution in [0.15, 0.2) is 12.4 Å². The molecule has 12 heteroatoms. The second-order valence-corrected chi connectivity index (χ2v) is 6.51. The van der Waals surface area contributed by atoms with Crippen molar-refractivity contribution in [3.05, 3.63) is 23.5 Å². The zero-order valence-corrected chi connectivity index (χ0v) is 18.0. The van der Waals surface area contributed by atoms with Crippen LogP contribution >= 0.6 is 0 Å². The van der Waals surface area contributed by atoms with E-state index >= 15 is 0 Å². The topological polar surface area (TPSA) is 144 Å². The summed E-state index contributed by atoms with van der Waals surface area (Å²) in [7, 11) is 4.10. The Morgan fingerprint density at radius 2 is 1.73 bits per heavy atom. The van der Waals surface area contributed by atoms with Crippen LogP contribution in [0.1, 0.15) is 48.4 Å². The number of aromatic amines is 1. The Bertz CT molecular complexity index is 866. The molecule has 0 atom stereocenters. The van der Waals surface area contributed by atoms with Crippen molar-refractivity contribution in [1.82, 2.24) is 20.0 Å². The largest absolute Gasteiger partial charge is 0.481 e. The van der Waals surface area contributed by atoms with Gasteiger partial charge in [0, 0.05) is 0 Å². The number of rotatable bonds is 5. The number of ether oxygens (including phenoxy) is 5. The molecule has 2 rings (SSSR count). The molecule has 1 N–H and O–H groups in total. The molecule has 0 saturated heterocycles. The number of nitrogens with zero attached hydrogens (tertiary/aromatic N) is 3. The van der Waals surface area contributed by atoms with Crippen LogP contribution in [-0.2, 0) is 14.2 Å². The van der Waals surface area contributed by atoms with Gasteiger partial charge in [-0.1, -0.05) is 0 Å². The first-order valence-electron chi connectivity index (χ1n) is 8.77. The van der Waals surface area contributed by atoms with E-state index in [1.165, 1.54) is 33.7 Å². The molecule has 0 aliphatic heterocycles. The summed E-state index contributed by atoms with van der Waals surface area (Å²) >= 11 is 0. The number of carbonyl (C=O) groups excluding carboxylic acids is 3. The van der Waals surface area contributed by atoms with Crippen LogP contribution in [0, 0.1) is 0 Å². The van der Waals surface area contributed by atoms with Gasteiger partial charge in [-0.05, 0) is 27.7 Å². The third-order valence-corrected chi connectivity index (χ3v) is 3.16. The number of H-pyrrole nitrogens is 1. The molecule has 30 heavy (non-hydrogen) atoms. The summed E-state index contributed by atoms with van der Waals surface area (Å²) in [5.74, 6) is -0.731. The van der Waals surface area contributed by atoms with Crippen LogP contribution in [0.2, 0.25) is 0 Å². The fourth-order valence-corrected chi connectivity index (χ4v) is 1.95. The first-order valence-corrected chi connectivity index (χ1v) is 8.77. The van der Waals surface area contributed by atoms with Gasteiger partial charge in [0.1, 0.15) is 16.7 Å². The van der Waals surface area contributed by atoms with Crippen molar-refractivity contribution in [3.8, 4) is 11.8 Å². The SMILES string of the molecule is CCOC(=O)c1cn(C(=O)OC(C)(C)C)nc1OC.COC(=O)c1cn[nH]c1OC. The molecule has 2 aromatic heterocycles. The molecule has 0 aliphatic carbocycles. The summed E-state index contributed by atoms with van der Waals surface area (Å²) in [6, 6.07) is 0. The van der Waals surface area contributed by atoms with Crippen molar-refractivity contribution >= 4 is 18.0 Å². The molecule has 0 aliphatic rings. The van der Waals surface area contributed by atoms with Crippen molar-refractivity contribution in [2.75, 3.05) is 27.9 Å². The Hall–Kier alpha value is -3.57. The van der Waals surface area contributed by atoms with Crippen LogP contribution in [-0.4, -0.2) is 71.5 Å². The summed E-state index contributed by atoms with van der Waals surface area (Å²) in [5, 5.41) is 9.94. The highest BCUT2D eigenvalue weighted by Gasteiger charge is 2.24. The second kappa shape index (κ2) is 10.8. The molecule has 2 aromatic rings. The molecule has 0 spiro atoms. The molecule has 0 aromatic carbocycles. The number of esters is 2. The van der Waals surface area contributed by atoms with Crippen LogP contribution in [0.3, 0.4) is 0 Å². The summed E-state index contributed by atoms with van der Waals surface area (Å²) in [6.07, 6.45) is 1.89. The number of hydrogen-bond acceptors (Lipinski definition) is 10. The predicted octanol–water partition coefficient (Wildman–Crippen LogP) is 2.06. The Morgan fingerprint density at radius 3 is 2.23 bits per heavy atom. The van der Waals surface area contributed by atoms with Gasteiger partial charge in [0.15, 0.2) is 0 Å². The number of methoxy groups -OCH3 is 3. The minimum atomic E-state index is -0.693. The maximum atomic E-state index is 11.8. The quantitative estimate of drug-likeness (QED) is 0.557. The Morgan fingerprint density at radius 1 is 1.07 bits per heavy atom. The Balaban J connectivity index is 0.000000346. The van der Waals surface area contributed by atoms with Crippen molar-refractivity contribution in [2.24, 2.45) is 0 Å². The van der Waals surface area contributed by atoms with Crippen molar-refractivity contribution in [3.63, 3.8) is 0 Å². The molecular weight excluding hydrogens is 400 g/mol. The van der Waals surface area contributed by atoms with Crippen LogP contribution in [0.5, 0.6) is 11.8 Å². The van der Waals surface area contributed by atoms with E-state index in [1.54, 1.807) is 27.7 Å². The molecule has 0 bridgehead atoms. The van der Waals surface area contributed by atoms with Gasteiger partial charge in [-0.3, -0.25) is 0 Å². The average Bonchev–Trinajstić information content (AvgIpc) is 3.33. The molecule has 0 fully saturated rings. The lowest BCUT2D eigenvalue weighted by Gasteiger charge is -2.18. The van der Waals surface area contributed by atoms with E-state index in [0.29, 0.717) is 11.4 Å². The van der Waals surface area contributed by atoms with Crippen molar-refractivity contribution < 1.29 is 38.1 Å². The zero-order valence-electron chi connectivity index (χ0n) is 18.0. The minimum absolute atomic E-state index is 0.0179. The molecule has 12 nitrogen and oxygen atoms in total. The number of aromatic nitrogens is 4. The molecule has 0 unspecified atom stereocenters. The lowest BCUT2D eigenvalue weighted by molar-refractivity contribution is 0.0511. The highest BCUT2D eigenvalue weighted by atomic mass is 16.6. The highest BCUT2D eigenvalue weighted by molar-refractivity contribution is 5.92. The van der Waals surface area contributed by atoms with Gasteiger partial charge in [-0.2, -0.15) is 9.78 Å². The molecule has 2 heterocycles. The van der Waals surface area contributed by atoms with Gasteiger partial charge >= 0.3 is 18.0 Å². The summed E-state index contributed by atoms with van der Waals surface area (Å²) in [5.41, 5.74) is -0.273. The normalized spacial score (nSPS) is 10.4. The third kappa shape index (κ3) is 6.79. The smallest absolute Gasteiger partial charge is 0.435 e. The van der Waals surface area contributed by atoms with Crippen LogP contribution < -0.4 is 9.47 Å². The van der Waals surface area contributed by atoms with Gasteiger partial charge in [0.25, 0.3) is 0 Å². The van der Waals surface area contributed by atoms with Gasteiger partial charge < -0.3 is 23.7 Å². The molecular formula is C18H26N4O8. The third-order valence-electron chi connectivity index (χ3n) is 3.16. The fraction of sp³-hybridized carbons (Fsp3) is 0.500. The van der Waals surface area contributed by atoms with Gasteiger partial charge in [0.2, 0.25) is 11.8 Å². The number of carbonyl (C=O) groups is 3. The number of hydrogen-bond donors (Lipinski definition) is 1. The fourth-order valence-electron chi connectivity index (χ4n) is 1.95. The van der Waals surface area contributed by atoms with E-state index in [1.807, 2.05) is 0 Å². The summed E-state index contributed by atoms with van der Waals surface area (Å²) in [4.78, 5) is 34.3. The maximum absolute atomic E-state index is 11.8. The highest BCUT2D eigenvalue weighted by Crippen LogP contribution is 2.18. The first kappa shape index (κ1) is 24.5. The minimum Gasteiger partial charge on any atom is -0.481 e. The monoisotopic (exact) mass is 426 g/mol. The lowest BCUT2D eigenvalue weighted by Crippen LogP contribution is -2.27. The van der Waals surface area contributed by atoms with E-state index in [-0.39, 0.29) is 18.1 Å². The molecule has 166 valence electrons. The van der Waals surface area contributed by atoms with Gasteiger partial charge in [0.05, 0.1) is 40.3 Å². The van der Waals surface area contributed by atoms with Crippen molar-refractivity contribution in [2.45, 2.75) is 33.3 Å². The van der Waals surface area contributed by atoms with E-state index in [0.717, 1.165) is 4.68 Å². The van der Waals surface area contributed by atoms with Crippen LogP contribution in [0.4, 0.5) is 4.79 Å². The first-order chi connectivity index (χ1) is 14.1. The zero-order chi connectivity index (χ0) is 22.9. The van der Waals surface area contributed by atoms with Crippen molar-refractivity contribution in [1.29, 1.82) is 0 Å². The lowest BCUT2D eigenvalue weighted by atomic mass is 10.2. The standard InChI is InChI=1S/C12H18N2O5.C6H8N2O3/c1-6-18-10(15)8-7-14(13-9(8)17-5)11(16)19-12(2,3)4;1-10-5-4(3-7-8-5)6(9)11-2/h7H,6H2,1-5H3;3H,1-2H3,(H,7,8). The Kier molecular flexibility index (Phi) is 8.84. The average molecular weight is 426 g/mol. The molecule has 0 amide bonds.